The van der Waals surface area contributed by atoms with Crippen molar-refractivity contribution in [1.29, 1.82) is 0 Å². The number of rotatable bonds is 4. The van der Waals surface area contributed by atoms with Crippen LogP contribution >= 0.6 is 0 Å². The zero-order chi connectivity index (χ0) is 28.8. The summed E-state index contributed by atoms with van der Waals surface area (Å²) in [6.07, 6.45) is 7.32. The van der Waals surface area contributed by atoms with Crippen LogP contribution in [0.2, 0.25) is 0 Å². The Kier molecular flexibility index (Phi) is 7.86. The van der Waals surface area contributed by atoms with Gasteiger partial charge in [0.05, 0.1) is 5.71 Å². The lowest BCUT2D eigenvalue weighted by molar-refractivity contribution is -0.217. The number of nitrogens with zero attached hydrogens (tertiary/aromatic N) is 1. The van der Waals surface area contributed by atoms with E-state index >= 15 is 0 Å². The van der Waals surface area contributed by atoms with Crippen LogP contribution in [0, 0.1) is 34.0 Å². The van der Waals surface area contributed by atoms with Crippen molar-refractivity contribution in [2.75, 3.05) is 13.1 Å². The minimum Gasteiger partial charge on any atom is -0.478 e. The molecule has 1 heterocycles. The smallest absolute Gasteiger partial charge is 0.328 e. The van der Waals surface area contributed by atoms with E-state index in [2.05, 4.69) is 24.3 Å². The molecule has 0 bridgehead atoms. The first-order chi connectivity index (χ1) is 18.2. The highest BCUT2D eigenvalue weighted by molar-refractivity contribution is 6.02. The van der Waals surface area contributed by atoms with E-state index < -0.39 is 28.4 Å². The van der Waals surface area contributed by atoms with Crippen LogP contribution in [0.5, 0.6) is 0 Å². The molecule has 0 aromatic heterocycles. The summed E-state index contributed by atoms with van der Waals surface area (Å²) >= 11 is 0. The summed E-state index contributed by atoms with van der Waals surface area (Å²) < 4.78 is 0. The summed E-state index contributed by atoms with van der Waals surface area (Å²) in [5, 5.41) is 35.7. The highest BCUT2D eigenvalue weighted by atomic mass is 16.6. The van der Waals surface area contributed by atoms with Crippen LogP contribution in [-0.2, 0) is 24.0 Å². The van der Waals surface area contributed by atoms with Gasteiger partial charge in [0.25, 0.3) is 0 Å². The highest BCUT2D eigenvalue weighted by Crippen LogP contribution is 2.68. The Morgan fingerprint density at radius 3 is 2.21 bits per heavy atom. The Morgan fingerprint density at radius 2 is 1.62 bits per heavy atom. The zero-order valence-corrected chi connectivity index (χ0v) is 23.4. The van der Waals surface area contributed by atoms with E-state index in [1.165, 1.54) is 0 Å². The number of aliphatic hydroxyl groups is 1. The number of oxime groups is 1. The van der Waals surface area contributed by atoms with Gasteiger partial charge in [-0.05, 0) is 56.4 Å². The van der Waals surface area contributed by atoms with E-state index in [0.29, 0.717) is 30.8 Å². The maximum atomic E-state index is 13.8. The molecule has 5 aliphatic rings. The largest absolute Gasteiger partial charge is 0.478 e. The molecule has 0 unspecified atom stereocenters. The minimum atomic E-state index is -1.45. The number of ketones is 2. The molecule has 1 aliphatic heterocycles. The van der Waals surface area contributed by atoms with Gasteiger partial charge in [-0.15, -0.1) is 0 Å². The van der Waals surface area contributed by atoms with Gasteiger partial charge in [-0.2, -0.15) is 0 Å². The van der Waals surface area contributed by atoms with Crippen molar-refractivity contribution in [1.82, 2.24) is 5.32 Å². The van der Waals surface area contributed by atoms with Gasteiger partial charge in [0, 0.05) is 54.2 Å². The SMILES string of the molecule is CC1(C)/C(=N/O[C@@H]2CCNC2)CC[C@]2(C)[C@H]3CC[C@]4(C)C(=O)CC[C@H]4[C@@H]3CC(=O)[C@@]12O.O=C(O)/C=C/C(=O)O. The van der Waals surface area contributed by atoms with E-state index in [-0.39, 0.29) is 35.1 Å². The van der Waals surface area contributed by atoms with Crippen molar-refractivity contribution in [2.45, 2.75) is 90.8 Å². The van der Waals surface area contributed by atoms with Crippen LogP contribution in [0.3, 0.4) is 0 Å². The van der Waals surface area contributed by atoms with Gasteiger partial charge in [-0.1, -0.05) is 32.9 Å². The summed E-state index contributed by atoms with van der Waals surface area (Å²) in [5.74, 6) is -1.44. The lowest BCUT2D eigenvalue weighted by atomic mass is 9.39. The Hall–Kier alpha value is -2.59. The topological polar surface area (TPSA) is 163 Å². The maximum Gasteiger partial charge on any atom is 0.328 e. The molecule has 0 aromatic carbocycles. The molecule has 216 valence electrons. The molecule has 10 heteroatoms. The average molecular weight is 547 g/mol. The minimum absolute atomic E-state index is 0.0558. The second-order valence-electron chi connectivity index (χ2n) is 12.9. The summed E-state index contributed by atoms with van der Waals surface area (Å²) in [7, 11) is 0. The third kappa shape index (κ3) is 4.73. The number of carbonyl (C=O) groups is 4. The molecule has 10 nitrogen and oxygen atoms in total. The summed E-state index contributed by atoms with van der Waals surface area (Å²) in [6, 6.07) is 0. The molecular formula is C29H42N2O8. The second-order valence-corrected chi connectivity index (χ2v) is 12.9. The maximum absolute atomic E-state index is 13.8. The van der Waals surface area contributed by atoms with Gasteiger partial charge in [-0.25, -0.2) is 9.59 Å². The molecule has 39 heavy (non-hydrogen) atoms. The van der Waals surface area contributed by atoms with E-state index in [1.54, 1.807) is 0 Å². The van der Waals surface area contributed by atoms with Gasteiger partial charge in [-0.3, -0.25) is 9.59 Å². The standard InChI is InChI=1S/C25H38N2O4.C4H4O4/c1-22(2)19(27-31-15-9-12-26-14-15)8-11-24(4)18-7-10-23(3)17(5-6-20(23)28)16(18)13-21(29)25(22,24)30;5-3(6)1-2-4(7)8/h15-18,26,30H,5-14H2,1-4H3;1-2H,(H,5,6)(H,7,8)/b27-19+;2-1+/t15-,16+,17+,18+,23+,24-,25-;/m1./s1. The van der Waals surface area contributed by atoms with Gasteiger partial charge in [0.1, 0.15) is 17.5 Å². The number of fused-ring (bicyclic) bond motifs is 5. The summed E-state index contributed by atoms with van der Waals surface area (Å²) in [4.78, 5) is 51.4. The lowest BCUT2D eigenvalue weighted by Crippen LogP contribution is -2.73. The first-order valence-electron chi connectivity index (χ1n) is 14.1. The zero-order valence-electron chi connectivity index (χ0n) is 23.4. The number of carboxylic acids is 2. The number of hydrogen-bond acceptors (Lipinski definition) is 8. The second kappa shape index (κ2) is 10.4. The van der Waals surface area contributed by atoms with Crippen LogP contribution in [-0.4, -0.2) is 69.3 Å². The van der Waals surface area contributed by atoms with Crippen LogP contribution in [0.15, 0.2) is 17.3 Å². The van der Waals surface area contributed by atoms with Crippen LogP contribution in [0.4, 0.5) is 0 Å². The third-order valence-electron chi connectivity index (χ3n) is 10.8. The van der Waals surface area contributed by atoms with Crippen molar-refractivity contribution in [3.63, 3.8) is 0 Å². The molecule has 0 radical (unpaired) electrons. The molecule has 1 saturated heterocycles. The number of Topliss-reactive ketones (excluding diaryl/α,β-unsaturated/α-hetero) is 2. The van der Waals surface area contributed by atoms with Crippen molar-refractivity contribution in [3.8, 4) is 0 Å². The molecular weight excluding hydrogens is 504 g/mol. The predicted molar refractivity (Wildman–Crippen MR) is 142 cm³/mol. The van der Waals surface area contributed by atoms with Crippen LogP contribution in [0.25, 0.3) is 0 Å². The van der Waals surface area contributed by atoms with Crippen molar-refractivity contribution in [2.24, 2.45) is 39.2 Å². The fraction of sp³-hybridized carbons (Fsp3) is 0.759. The highest BCUT2D eigenvalue weighted by Gasteiger charge is 2.72. The van der Waals surface area contributed by atoms with E-state index in [4.69, 9.17) is 15.1 Å². The Balaban J connectivity index is 0.000000386. The third-order valence-corrected chi connectivity index (χ3v) is 10.8. The normalized spacial score (nSPS) is 41.8. The Morgan fingerprint density at radius 1 is 0.949 bits per heavy atom. The number of carbonyl (C=O) groups excluding carboxylic acids is 2. The van der Waals surface area contributed by atoms with E-state index in [0.717, 1.165) is 57.3 Å². The van der Waals surface area contributed by atoms with E-state index in [1.807, 2.05) is 13.8 Å². The monoisotopic (exact) mass is 546 g/mol. The van der Waals surface area contributed by atoms with Crippen molar-refractivity contribution >= 4 is 29.2 Å². The molecule has 0 aromatic rings. The van der Waals surface area contributed by atoms with Crippen LogP contribution < -0.4 is 5.32 Å². The molecule has 7 atom stereocenters. The van der Waals surface area contributed by atoms with Gasteiger partial charge < -0.3 is 25.5 Å². The van der Waals surface area contributed by atoms with Crippen molar-refractivity contribution < 1.29 is 39.3 Å². The molecule has 4 aliphatic carbocycles. The molecule has 5 fully saturated rings. The quantitative estimate of drug-likeness (QED) is 0.307. The molecule has 4 N–H and O–H groups in total. The molecule has 4 saturated carbocycles. The van der Waals surface area contributed by atoms with Gasteiger partial charge in [0.2, 0.25) is 0 Å². The Labute approximate surface area is 229 Å². The lowest BCUT2D eigenvalue weighted by Gasteiger charge is -2.65. The molecule has 0 amide bonds. The predicted octanol–water partition coefficient (Wildman–Crippen LogP) is 2.97. The van der Waals surface area contributed by atoms with Crippen molar-refractivity contribution in [3.05, 3.63) is 12.2 Å². The first kappa shape index (κ1) is 29.4. The van der Waals surface area contributed by atoms with Gasteiger partial charge in [0.15, 0.2) is 5.78 Å². The van der Waals surface area contributed by atoms with Crippen LogP contribution in [0.1, 0.15) is 79.1 Å². The molecule has 5 rings (SSSR count). The summed E-state index contributed by atoms with van der Waals surface area (Å²) in [6.45, 7) is 9.95. The number of carboxylic acid groups (broad SMARTS) is 2. The fourth-order valence-electron chi connectivity index (χ4n) is 8.57. The van der Waals surface area contributed by atoms with E-state index in [9.17, 15) is 24.3 Å². The number of hydrogen-bond donors (Lipinski definition) is 4. The number of aliphatic carboxylic acids is 2. The summed E-state index contributed by atoms with van der Waals surface area (Å²) in [5.41, 5.74) is -2.19. The Bertz CT molecular complexity index is 1080. The fourth-order valence-corrected chi connectivity index (χ4v) is 8.57. The number of nitrogens with one attached hydrogen (secondary N) is 1. The van der Waals surface area contributed by atoms with Gasteiger partial charge >= 0.3 is 11.9 Å². The molecule has 0 spiro atoms. The average Bonchev–Trinajstić information content (AvgIpc) is 3.49. The first-order valence-corrected chi connectivity index (χ1v) is 14.1.